The zero-order valence-electron chi connectivity index (χ0n) is 25.3. The Hall–Kier alpha value is -5.42. The maximum Gasteiger partial charge on any atom is 0.337 e. The Balaban J connectivity index is 1.40. The van der Waals surface area contributed by atoms with Crippen LogP contribution in [0.3, 0.4) is 0 Å². The summed E-state index contributed by atoms with van der Waals surface area (Å²) in [4.78, 5) is 52.4. The quantitative estimate of drug-likeness (QED) is 0.0802. The number of nitrogens with one attached hydrogen (secondary N) is 3. The van der Waals surface area contributed by atoms with E-state index in [2.05, 4.69) is 16.0 Å². The predicted molar refractivity (Wildman–Crippen MR) is 190 cm³/mol. The molecule has 0 aliphatic heterocycles. The molecule has 5 aromatic rings. The van der Waals surface area contributed by atoms with Gasteiger partial charge in [-0.25, -0.2) is 9.18 Å². The number of halogens is 3. The van der Waals surface area contributed by atoms with Crippen molar-refractivity contribution in [3.05, 3.63) is 165 Å². The SMILES string of the molecule is O=C(Nc1cccc(SC(C(=O)Nc2ccc(Cl)c(C(=O)O)c2)c2ccccc2)c1)/C(=C\c1c(F)cccc1Cl)NC(=O)c1ccccc1. The van der Waals surface area contributed by atoms with Gasteiger partial charge in [0.2, 0.25) is 5.91 Å². The third kappa shape index (κ3) is 9.14. The first-order chi connectivity index (χ1) is 23.6. The van der Waals surface area contributed by atoms with Crippen LogP contribution < -0.4 is 16.0 Å². The first kappa shape index (κ1) is 34.9. The molecule has 5 aromatic carbocycles. The number of carbonyl (C=O) groups excluding carboxylic acids is 3. The van der Waals surface area contributed by atoms with Crippen LogP contribution in [0.4, 0.5) is 15.8 Å². The van der Waals surface area contributed by atoms with Gasteiger partial charge >= 0.3 is 5.97 Å². The molecule has 12 heteroatoms. The van der Waals surface area contributed by atoms with Gasteiger partial charge in [-0.15, -0.1) is 11.8 Å². The van der Waals surface area contributed by atoms with E-state index < -0.39 is 34.8 Å². The van der Waals surface area contributed by atoms with Crippen molar-refractivity contribution >= 4 is 76.1 Å². The van der Waals surface area contributed by atoms with Crippen molar-refractivity contribution < 1.29 is 28.7 Å². The molecular weight excluding hydrogens is 688 g/mol. The van der Waals surface area contributed by atoms with Gasteiger partial charge in [0.25, 0.3) is 11.8 Å². The number of anilines is 2. The highest BCUT2D eigenvalue weighted by atomic mass is 35.5. The number of carbonyl (C=O) groups is 4. The van der Waals surface area contributed by atoms with Crippen molar-refractivity contribution in [2.45, 2.75) is 10.1 Å². The monoisotopic (exact) mass is 713 g/mol. The minimum atomic E-state index is -1.23. The van der Waals surface area contributed by atoms with Crippen LogP contribution in [0.2, 0.25) is 10.0 Å². The number of hydrogen-bond acceptors (Lipinski definition) is 5. The van der Waals surface area contributed by atoms with Crippen LogP contribution in [-0.2, 0) is 9.59 Å². The zero-order chi connectivity index (χ0) is 34.9. The first-order valence-corrected chi connectivity index (χ1v) is 16.2. The third-order valence-corrected chi connectivity index (χ3v) is 8.88. The van der Waals surface area contributed by atoms with Crippen LogP contribution in [0.25, 0.3) is 6.08 Å². The number of carboxylic acids is 1. The number of thioether (sulfide) groups is 1. The van der Waals surface area contributed by atoms with Gasteiger partial charge in [-0.3, -0.25) is 14.4 Å². The highest BCUT2D eigenvalue weighted by Gasteiger charge is 2.24. The lowest BCUT2D eigenvalue weighted by Gasteiger charge is -2.18. The molecule has 1 atom stereocenters. The van der Waals surface area contributed by atoms with Gasteiger partial charge in [0.05, 0.1) is 15.6 Å². The summed E-state index contributed by atoms with van der Waals surface area (Å²) in [5.74, 6) is -3.69. The summed E-state index contributed by atoms with van der Waals surface area (Å²) >= 11 is 13.4. The maximum atomic E-state index is 14.7. The fraction of sp³-hybridized carbons (Fsp3) is 0.0270. The normalized spacial score (nSPS) is 11.7. The van der Waals surface area contributed by atoms with Crippen LogP contribution in [0.15, 0.2) is 132 Å². The highest BCUT2D eigenvalue weighted by Crippen LogP contribution is 2.37. The van der Waals surface area contributed by atoms with Gasteiger partial charge in [0, 0.05) is 27.4 Å². The van der Waals surface area contributed by atoms with Crippen molar-refractivity contribution in [3.8, 4) is 0 Å². The smallest absolute Gasteiger partial charge is 0.337 e. The molecule has 1 unspecified atom stereocenters. The molecule has 49 heavy (non-hydrogen) atoms. The van der Waals surface area contributed by atoms with E-state index in [1.165, 1.54) is 48.2 Å². The summed E-state index contributed by atoms with van der Waals surface area (Å²) in [6.07, 6.45) is 1.16. The van der Waals surface area contributed by atoms with E-state index in [9.17, 15) is 28.7 Å². The van der Waals surface area contributed by atoms with Crippen molar-refractivity contribution in [2.75, 3.05) is 10.6 Å². The maximum absolute atomic E-state index is 14.7. The Morgan fingerprint density at radius 1 is 0.735 bits per heavy atom. The Labute approximate surface area is 295 Å². The lowest BCUT2D eigenvalue weighted by molar-refractivity contribution is -0.116. The molecule has 0 heterocycles. The number of aromatic carboxylic acids is 1. The summed E-state index contributed by atoms with van der Waals surface area (Å²) in [6, 6.07) is 32.1. The molecular formula is C37H26Cl2FN3O5S. The average molecular weight is 715 g/mol. The second kappa shape index (κ2) is 16.1. The van der Waals surface area contributed by atoms with Crippen LogP contribution in [0, 0.1) is 5.82 Å². The summed E-state index contributed by atoms with van der Waals surface area (Å²) in [5, 5.41) is 16.8. The minimum absolute atomic E-state index is 0.0352. The van der Waals surface area contributed by atoms with Gasteiger partial charge in [-0.2, -0.15) is 0 Å². The molecule has 3 amide bonds. The Bertz CT molecular complexity index is 2040. The third-order valence-electron chi connectivity index (χ3n) is 6.97. The predicted octanol–water partition coefficient (Wildman–Crippen LogP) is 8.71. The van der Waals surface area contributed by atoms with Gasteiger partial charge in [0.15, 0.2) is 0 Å². The number of carboxylic acid groups (broad SMARTS) is 1. The molecule has 0 spiro atoms. The van der Waals surface area contributed by atoms with E-state index >= 15 is 0 Å². The van der Waals surface area contributed by atoms with Crippen LogP contribution >= 0.6 is 35.0 Å². The summed E-state index contributed by atoms with van der Waals surface area (Å²) in [5.41, 5.74) is 1.03. The minimum Gasteiger partial charge on any atom is -0.478 e. The van der Waals surface area contributed by atoms with Crippen LogP contribution in [0.5, 0.6) is 0 Å². The molecule has 0 aliphatic carbocycles. The fourth-order valence-electron chi connectivity index (χ4n) is 4.59. The Morgan fingerprint density at radius 3 is 2.10 bits per heavy atom. The number of benzene rings is 5. The molecule has 0 bridgehead atoms. The molecule has 8 nitrogen and oxygen atoms in total. The molecule has 0 radical (unpaired) electrons. The largest absolute Gasteiger partial charge is 0.478 e. The van der Waals surface area contributed by atoms with Crippen molar-refractivity contribution in [1.82, 2.24) is 5.32 Å². The van der Waals surface area contributed by atoms with Crippen molar-refractivity contribution in [3.63, 3.8) is 0 Å². The summed E-state index contributed by atoms with van der Waals surface area (Å²) < 4.78 is 14.7. The first-order valence-electron chi connectivity index (χ1n) is 14.6. The van der Waals surface area contributed by atoms with Crippen LogP contribution in [0.1, 0.15) is 37.1 Å². The molecule has 5 rings (SSSR count). The lowest BCUT2D eigenvalue weighted by Crippen LogP contribution is -2.30. The van der Waals surface area contributed by atoms with E-state index in [-0.39, 0.29) is 38.1 Å². The molecule has 0 aliphatic rings. The van der Waals surface area contributed by atoms with E-state index in [0.717, 1.165) is 6.08 Å². The van der Waals surface area contributed by atoms with Gasteiger partial charge in [-0.1, -0.05) is 83.9 Å². The molecule has 0 saturated heterocycles. The van der Waals surface area contributed by atoms with Crippen LogP contribution in [-0.4, -0.2) is 28.8 Å². The van der Waals surface area contributed by atoms with Crippen molar-refractivity contribution in [2.24, 2.45) is 0 Å². The molecule has 246 valence electrons. The second-order valence-electron chi connectivity index (χ2n) is 10.4. The molecule has 0 saturated carbocycles. The average Bonchev–Trinajstić information content (AvgIpc) is 3.09. The standard InChI is InChI=1S/C37H26Cl2FN3O5S/c38-29-15-8-16-31(40)27(29)21-32(43-34(44)23-11-5-2-6-12-23)35(45)41-24-13-7-14-26(19-24)49-33(22-9-3-1-4-10-22)36(46)42-25-17-18-30(39)28(20-25)37(47)48/h1-21,33H,(H,41,45)(H,42,46)(H,43,44)(H,47,48)/b32-21+. The fourth-order valence-corrected chi connectivity index (χ4v) is 6.09. The summed E-state index contributed by atoms with van der Waals surface area (Å²) in [7, 11) is 0. The molecule has 0 fully saturated rings. The van der Waals surface area contributed by atoms with E-state index in [1.807, 2.05) is 6.07 Å². The second-order valence-corrected chi connectivity index (χ2v) is 12.4. The number of rotatable bonds is 11. The van der Waals surface area contributed by atoms with Gasteiger partial charge in [-0.05, 0) is 72.3 Å². The van der Waals surface area contributed by atoms with Gasteiger partial charge < -0.3 is 21.1 Å². The number of amides is 3. The van der Waals surface area contributed by atoms with E-state index in [0.29, 0.717) is 16.1 Å². The van der Waals surface area contributed by atoms with Gasteiger partial charge in [0.1, 0.15) is 16.8 Å². The summed E-state index contributed by atoms with van der Waals surface area (Å²) in [6.45, 7) is 0. The van der Waals surface area contributed by atoms with Crippen molar-refractivity contribution in [1.29, 1.82) is 0 Å². The highest BCUT2D eigenvalue weighted by molar-refractivity contribution is 8.00. The molecule has 4 N–H and O–H groups in total. The topological polar surface area (TPSA) is 125 Å². The Kier molecular flexibility index (Phi) is 11.5. The Morgan fingerprint density at radius 2 is 1.41 bits per heavy atom. The van der Waals surface area contributed by atoms with E-state index in [1.54, 1.807) is 78.9 Å². The lowest BCUT2D eigenvalue weighted by atomic mass is 10.1. The van der Waals surface area contributed by atoms with E-state index in [4.69, 9.17) is 23.2 Å². The number of hydrogen-bond donors (Lipinski definition) is 4. The molecule has 0 aromatic heterocycles. The zero-order valence-corrected chi connectivity index (χ0v) is 27.7.